The van der Waals surface area contributed by atoms with Gasteiger partial charge in [-0.1, -0.05) is 0 Å². The largest absolute Gasteiger partial charge is 0.494 e. The minimum Gasteiger partial charge on any atom is -0.494 e. The van der Waals surface area contributed by atoms with Crippen LogP contribution < -0.4 is 4.74 Å². The van der Waals surface area contributed by atoms with Crippen molar-refractivity contribution in [3.05, 3.63) is 30.1 Å². The molecule has 0 radical (unpaired) electrons. The van der Waals surface area contributed by atoms with Crippen molar-refractivity contribution >= 4 is 11.9 Å². The minimum absolute atomic E-state index is 0.0383. The molecule has 0 saturated carbocycles. The molecular weight excluding hydrogens is 327 g/mol. The molecule has 1 aliphatic heterocycles. The van der Waals surface area contributed by atoms with Gasteiger partial charge in [0.1, 0.15) is 17.6 Å². The second-order valence-corrected chi connectivity index (χ2v) is 6.51. The summed E-state index contributed by atoms with van der Waals surface area (Å²) in [5, 5.41) is 9.40. The van der Waals surface area contributed by atoms with Crippen LogP contribution in [0.4, 0.5) is 4.39 Å². The maximum atomic E-state index is 12.8. The molecule has 1 amide bonds. The molecule has 1 saturated heterocycles. The van der Waals surface area contributed by atoms with E-state index in [0.717, 1.165) is 0 Å². The summed E-state index contributed by atoms with van der Waals surface area (Å²) in [6.45, 7) is 1.39. The van der Waals surface area contributed by atoms with Crippen LogP contribution in [0.3, 0.4) is 0 Å². The van der Waals surface area contributed by atoms with Crippen molar-refractivity contribution in [3.8, 4) is 5.75 Å². The predicted octanol–water partition coefficient (Wildman–Crippen LogP) is 1.85. The van der Waals surface area contributed by atoms with Gasteiger partial charge >= 0.3 is 5.97 Å². The molecule has 138 valence electrons. The van der Waals surface area contributed by atoms with E-state index in [2.05, 4.69) is 0 Å². The van der Waals surface area contributed by atoms with Crippen LogP contribution in [0.15, 0.2) is 24.3 Å². The van der Waals surface area contributed by atoms with Crippen LogP contribution in [-0.2, 0) is 9.59 Å². The summed E-state index contributed by atoms with van der Waals surface area (Å²) in [7, 11) is 3.43. The molecule has 2 rings (SSSR count). The standard InChI is InChI=1S/C18H25FN2O4/c1-20(2)17(22)13-4-9-16(18(23)24)21(12-13)10-3-11-25-15-7-5-14(19)6-8-15/h5-8,13,16H,3-4,9-12H2,1-2H3,(H,23,24). The zero-order valence-corrected chi connectivity index (χ0v) is 14.7. The van der Waals surface area contributed by atoms with Crippen LogP contribution in [0.1, 0.15) is 19.3 Å². The number of carbonyl (C=O) groups excluding carboxylic acids is 1. The molecule has 2 unspecified atom stereocenters. The Kier molecular flexibility index (Phi) is 6.75. The highest BCUT2D eigenvalue weighted by atomic mass is 19.1. The summed E-state index contributed by atoms with van der Waals surface area (Å²) in [6.07, 6.45) is 1.69. The second-order valence-electron chi connectivity index (χ2n) is 6.51. The number of carboxylic acids is 1. The van der Waals surface area contributed by atoms with E-state index in [9.17, 15) is 19.1 Å². The van der Waals surface area contributed by atoms with Gasteiger partial charge in [0.15, 0.2) is 0 Å². The summed E-state index contributed by atoms with van der Waals surface area (Å²) in [5.74, 6) is -0.715. The van der Waals surface area contributed by atoms with E-state index < -0.39 is 12.0 Å². The van der Waals surface area contributed by atoms with Crippen molar-refractivity contribution in [2.24, 2.45) is 5.92 Å². The molecular formula is C18H25FN2O4. The summed E-state index contributed by atoms with van der Waals surface area (Å²) in [4.78, 5) is 27.0. The number of hydrogen-bond donors (Lipinski definition) is 1. The van der Waals surface area contributed by atoms with Crippen LogP contribution in [0, 0.1) is 11.7 Å². The van der Waals surface area contributed by atoms with Crippen molar-refractivity contribution < 1.29 is 23.8 Å². The summed E-state index contributed by atoms with van der Waals surface area (Å²) < 4.78 is 18.4. The highest BCUT2D eigenvalue weighted by Gasteiger charge is 2.35. The van der Waals surface area contributed by atoms with Crippen LogP contribution in [0.2, 0.25) is 0 Å². The lowest BCUT2D eigenvalue weighted by Gasteiger charge is -2.37. The highest BCUT2D eigenvalue weighted by Crippen LogP contribution is 2.24. The van der Waals surface area contributed by atoms with E-state index in [1.807, 2.05) is 4.90 Å². The highest BCUT2D eigenvalue weighted by molar-refractivity contribution is 5.79. The van der Waals surface area contributed by atoms with Gasteiger partial charge in [-0.05, 0) is 43.5 Å². The summed E-state index contributed by atoms with van der Waals surface area (Å²) >= 11 is 0. The second kappa shape index (κ2) is 8.80. The average Bonchev–Trinajstić information content (AvgIpc) is 2.59. The number of likely N-dealkylation sites (tertiary alicyclic amines) is 1. The number of rotatable bonds is 7. The van der Waals surface area contributed by atoms with Crippen LogP contribution in [-0.4, -0.2) is 66.6 Å². The zero-order chi connectivity index (χ0) is 18.4. The van der Waals surface area contributed by atoms with Gasteiger partial charge in [-0.3, -0.25) is 14.5 Å². The third-order valence-corrected chi connectivity index (χ3v) is 4.43. The average molecular weight is 352 g/mol. The Morgan fingerprint density at radius 3 is 2.56 bits per heavy atom. The molecule has 25 heavy (non-hydrogen) atoms. The molecule has 1 aliphatic rings. The quantitative estimate of drug-likeness (QED) is 0.759. The van der Waals surface area contributed by atoms with Gasteiger partial charge in [-0.2, -0.15) is 0 Å². The number of carbonyl (C=O) groups is 2. The van der Waals surface area contributed by atoms with Crippen molar-refractivity contribution in [1.29, 1.82) is 0 Å². The zero-order valence-electron chi connectivity index (χ0n) is 14.7. The van der Waals surface area contributed by atoms with Gasteiger partial charge in [-0.25, -0.2) is 4.39 Å². The molecule has 1 aromatic rings. The molecule has 6 nitrogen and oxygen atoms in total. The lowest BCUT2D eigenvalue weighted by molar-refractivity contribution is -0.148. The molecule has 0 aromatic heterocycles. The summed E-state index contributed by atoms with van der Waals surface area (Å²) in [5.41, 5.74) is 0. The number of ether oxygens (including phenoxy) is 1. The Morgan fingerprint density at radius 2 is 1.96 bits per heavy atom. The Balaban J connectivity index is 1.85. The van der Waals surface area contributed by atoms with Crippen LogP contribution in [0.25, 0.3) is 0 Å². The van der Waals surface area contributed by atoms with Crippen LogP contribution in [0.5, 0.6) is 5.75 Å². The Bertz CT molecular complexity index is 591. The lowest BCUT2D eigenvalue weighted by atomic mass is 9.91. The van der Waals surface area contributed by atoms with Gasteiger partial charge in [0.25, 0.3) is 0 Å². The predicted molar refractivity (Wildman–Crippen MR) is 90.9 cm³/mol. The van der Waals surface area contributed by atoms with E-state index in [1.165, 1.54) is 12.1 Å². The molecule has 1 aromatic carbocycles. The number of carboxylic acid groups (broad SMARTS) is 1. The smallest absolute Gasteiger partial charge is 0.320 e. The third kappa shape index (κ3) is 5.42. The number of amides is 1. The Labute approximate surface area is 147 Å². The molecule has 7 heteroatoms. The van der Waals surface area contributed by atoms with Gasteiger partial charge in [0.2, 0.25) is 5.91 Å². The number of piperidine rings is 1. The van der Waals surface area contributed by atoms with Gasteiger partial charge in [0.05, 0.1) is 12.5 Å². The number of aliphatic carboxylic acids is 1. The van der Waals surface area contributed by atoms with Crippen LogP contribution >= 0.6 is 0 Å². The van der Waals surface area contributed by atoms with Crippen molar-refractivity contribution in [2.75, 3.05) is 33.8 Å². The van der Waals surface area contributed by atoms with E-state index in [4.69, 9.17) is 4.74 Å². The first-order valence-corrected chi connectivity index (χ1v) is 8.45. The first-order chi connectivity index (χ1) is 11.9. The van der Waals surface area contributed by atoms with Crippen molar-refractivity contribution in [1.82, 2.24) is 9.80 Å². The molecule has 1 N–H and O–H groups in total. The van der Waals surface area contributed by atoms with Crippen molar-refractivity contribution in [3.63, 3.8) is 0 Å². The molecule has 0 aliphatic carbocycles. The minimum atomic E-state index is -0.852. The third-order valence-electron chi connectivity index (χ3n) is 4.43. The normalized spacial score (nSPS) is 20.9. The van der Waals surface area contributed by atoms with Gasteiger partial charge in [-0.15, -0.1) is 0 Å². The van der Waals surface area contributed by atoms with Crippen molar-refractivity contribution in [2.45, 2.75) is 25.3 Å². The topological polar surface area (TPSA) is 70.1 Å². The number of halogens is 1. The lowest BCUT2D eigenvalue weighted by Crippen LogP contribution is -2.51. The maximum absolute atomic E-state index is 12.8. The SMILES string of the molecule is CN(C)C(=O)C1CCC(C(=O)O)N(CCCOc2ccc(F)cc2)C1. The number of nitrogens with zero attached hydrogens (tertiary/aromatic N) is 2. The van der Waals surface area contributed by atoms with E-state index in [-0.39, 0.29) is 17.6 Å². The maximum Gasteiger partial charge on any atom is 0.320 e. The van der Waals surface area contributed by atoms with Gasteiger partial charge in [0, 0.05) is 27.2 Å². The fraction of sp³-hybridized carbons (Fsp3) is 0.556. The van der Waals surface area contributed by atoms with Gasteiger partial charge < -0.3 is 14.7 Å². The first kappa shape index (κ1) is 19.2. The fourth-order valence-electron chi connectivity index (χ4n) is 3.13. The molecule has 1 fully saturated rings. The molecule has 0 spiro atoms. The number of benzene rings is 1. The number of hydrogen-bond acceptors (Lipinski definition) is 4. The summed E-state index contributed by atoms with van der Waals surface area (Å²) in [6, 6.07) is 5.22. The molecule has 2 atom stereocenters. The van der Waals surface area contributed by atoms with E-state index >= 15 is 0 Å². The first-order valence-electron chi connectivity index (χ1n) is 8.45. The van der Waals surface area contributed by atoms with E-state index in [0.29, 0.717) is 44.7 Å². The molecule has 0 bridgehead atoms. The Morgan fingerprint density at radius 1 is 1.28 bits per heavy atom. The fourth-order valence-corrected chi connectivity index (χ4v) is 3.13. The Hall–Kier alpha value is -2.15. The monoisotopic (exact) mass is 352 g/mol. The van der Waals surface area contributed by atoms with E-state index in [1.54, 1.807) is 31.1 Å². The molecule has 1 heterocycles.